The Kier molecular flexibility index (Phi) is 8.19. The van der Waals surface area contributed by atoms with Crippen molar-refractivity contribution in [3.05, 3.63) is 30.3 Å². The third kappa shape index (κ3) is 5.76. The van der Waals surface area contributed by atoms with Gasteiger partial charge in [-0.15, -0.1) is 12.4 Å². The number of piperidine rings is 1. The average Bonchev–Trinajstić information content (AvgIpc) is 2.54. The summed E-state index contributed by atoms with van der Waals surface area (Å²) in [6, 6.07) is 8.38. The van der Waals surface area contributed by atoms with Gasteiger partial charge in [-0.2, -0.15) is 0 Å². The first-order chi connectivity index (χ1) is 10.9. The number of nitrogens with one attached hydrogen (secondary N) is 2. The minimum Gasteiger partial charge on any atom is -0.352 e. The molecule has 0 aromatic heterocycles. The molecule has 2 rings (SSSR count). The van der Waals surface area contributed by atoms with Crippen LogP contribution >= 0.6 is 12.4 Å². The third-order valence-corrected chi connectivity index (χ3v) is 6.19. The first kappa shape index (κ1) is 20.9. The van der Waals surface area contributed by atoms with E-state index in [0.29, 0.717) is 17.4 Å². The molecule has 1 fully saturated rings. The van der Waals surface area contributed by atoms with Gasteiger partial charge in [0.15, 0.2) is 9.84 Å². The molecule has 1 saturated heterocycles. The molecule has 1 aliphatic rings. The zero-order chi connectivity index (χ0) is 16.9. The van der Waals surface area contributed by atoms with Crippen molar-refractivity contribution < 1.29 is 13.2 Å². The predicted molar refractivity (Wildman–Crippen MR) is 98.2 cm³/mol. The van der Waals surface area contributed by atoms with E-state index in [1.54, 1.807) is 30.3 Å². The van der Waals surface area contributed by atoms with Crippen LogP contribution in [0.15, 0.2) is 35.2 Å². The van der Waals surface area contributed by atoms with E-state index in [4.69, 9.17) is 0 Å². The number of halogens is 1. The van der Waals surface area contributed by atoms with Crippen molar-refractivity contribution in [2.24, 2.45) is 5.92 Å². The van der Waals surface area contributed by atoms with Crippen molar-refractivity contribution in [1.82, 2.24) is 10.6 Å². The first-order valence-electron chi connectivity index (χ1n) is 8.24. The Morgan fingerprint density at radius 1 is 1.33 bits per heavy atom. The van der Waals surface area contributed by atoms with E-state index in [2.05, 4.69) is 17.6 Å². The average molecular weight is 375 g/mol. The highest BCUT2D eigenvalue weighted by atomic mass is 35.5. The number of benzene rings is 1. The molecule has 1 unspecified atom stereocenters. The molecule has 0 aliphatic carbocycles. The summed E-state index contributed by atoms with van der Waals surface area (Å²) in [4.78, 5) is 12.7. The molecular weight excluding hydrogens is 348 g/mol. The largest absolute Gasteiger partial charge is 0.352 e. The summed E-state index contributed by atoms with van der Waals surface area (Å²) < 4.78 is 24.9. The fourth-order valence-corrected chi connectivity index (χ4v) is 4.55. The van der Waals surface area contributed by atoms with Gasteiger partial charge < -0.3 is 10.6 Å². The Morgan fingerprint density at radius 3 is 2.58 bits per heavy atom. The normalized spacial score (nSPS) is 22.2. The van der Waals surface area contributed by atoms with E-state index in [9.17, 15) is 13.2 Å². The molecular formula is C17H27ClN2O3S. The number of carbonyl (C=O) groups excluding carboxylic acids is 1. The molecule has 1 aromatic rings. The fraction of sp³-hybridized carbons (Fsp3) is 0.588. The zero-order valence-corrected chi connectivity index (χ0v) is 15.8. The van der Waals surface area contributed by atoms with E-state index in [1.807, 2.05) is 6.92 Å². The SMILES string of the molecule is CCC(CS(=O)(=O)c1ccccc1)NC(=O)[C@H]1CCN[C@@H](C)C1.Cl. The van der Waals surface area contributed by atoms with Crippen molar-refractivity contribution >= 4 is 28.2 Å². The van der Waals surface area contributed by atoms with Crippen LogP contribution in [-0.2, 0) is 14.6 Å². The lowest BCUT2D eigenvalue weighted by atomic mass is 9.92. The van der Waals surface area contributed by atoms with Crippen molar-refractivity contribution in [3.63, 3.8) is 0 Å². The van der Waals surface area contributed by atoms with Crippen LogP contribution in [-0.4, -0.2) is 38.7 Å². The van der Waals surface area contributed by atoms with Crippen molar-refractivity contribution in [2.45, 2.75) is 50.1 Å². The number of rotatable bonds is 6. The lowest BCUT2D eigenvalue weighted by Crippen LogP contribution is -2.46. The lowest BCUT2D eigenvalue weighted by molar-refractivity contribution is -0.126. The van der Waals surface area contributed by atoms with Gasteiger partial charge in [0.05, 0.1) is 10.6 Å². The minimum atomic E-state index is -3.39. The standard InChI is InChI=1S/C17H26N2O3S.ClH/c1-3-15(12-23(21,22)16-7-5-4-6-8-16)19-17(20)14-9-10-18-13(2)11-14;/h4-8,13-15,18H,3,9-12H2,1-2H3,(H,19,20);1H/t13-,14-,15?;/m0./s1. The Bertz CT molecular complexity index is 622. The van der Waals surface area contributed by atoms with Gasteiger partial charge >= 0.3 is 0 Å². The van der Waals surface area contributed by atoms with E-state index in [0.717, 1.165) is 19.4 Å². The van der Waals surface area contributed by atoms with E-state index < -0.39 is 9.84 Å². The van der Waals surface area contributed by atoms with E-state index in [1.165, 1.54) is 0 Å². The summed E-state index contributed by atoms with van der Waals surface area (Å²) in [7, 11) is -3.39. The van der Waals surface area contributed by atoms with Crippen LogP contribution in [0.3, 0.4) is 0 Å². The molecule has 1 aromatic carbocycles. The van der Waals surface area contributed by atoms with Gasteiger partial charge in [-0.1, -0.05) is 25.1 Å². The van der Waals surface area contributed by atoms with E-state index in [-0.39, 0.29) is 36.0 Å². The van der Waals surface area contributed by atoms with Crippen LogP contribution in [0.5, 0.6) is 0 Å². The molecule has 0 saturated carbocycles. The molecule has 24 heavy (non-hydrogen) atoms. The second-order valence-corrected chi connectivity index (χ2v) is 8.32. The molecule has 0 radical (unpaired) electrons. The quantitative estimate of drug-likeness (QED) is 0.800. The van der Waals surface area contributed by atoms with Gasteiger partial charge in [0, 0.05) is 18.0 Å². The van der Waals surface area contributed by atoms with E-state index >= 15 is 0 Å². The summed E-state index contributed by atoms with van der Waals surface area (Å²) >= 11 is 0. The zero-order valence-electron chi connectivity index (χ0n) is 14.2. The van der Waals surface area contributed by atoms with Gasteiger partial charge in [-0.25, -0.2) is 8.42 Å². The van der Waals surface area contributed by atoms with Crippen LogP contribution in [0.4, 0.5) is 0 Å². The molecule has 136 valence electrons. The van der Waals surface area contributed by atoms with Crippen molar-refractivity contribution in [1.29, 1.82) is 0 Å². The first-order valence-corrected chi connectivity index (χ1v) is 9.89. The van der Waals surface area contributed by atoms with Gasteiger partial charge in [0.1, 0.15) is 0 Å². The smallest absolute Gasteiger partial charge is 0.223 e. The van der Waals surface area contributed by atoms with Gasteiger partial charge in [0.25, 0.3) is 0 Å². The highest BCUT2D eigenvalue weighted by Crippen LogP contribution is 2.17. The number of hydrogen-bond acceptors (Lipinski definition) is 4. The summed E-state index contributed by atoms with van der Waals surface area (Å²) in [5.41, 5.74) is 0. The van der Waals surface area contributed by atoms with Gasteiger partial charge in [-0.3, -0.25) is 4.79 Å². The maximum absolute atomic E-state index is 12.5. The van der Waals surface area contributed by atoms with Crippen LogP contribution < -0.4 is 10.6 Å². The molecule has 3 atom stereocenters. The van der Waals surface area contributed by atoms with Crippen LogP contribution in [0, 0.1) is 5.92 Å². The number of sulfone groups is 1. The second-order valence-electron chi connectivity index (χ2n) is 6.28. The van der Waals surface area contributed by atoms with Gasteiger partial charge in [-0.05, 0) is 44.9 Å². The molecule has 1 amide bonds. The lowest BCUT2D eigenvalue weighted by Gasteiger charge is -2.28. The second kappa shape index (κ2) is 9.39. The Hall–Kier alpha value is -1.11. The van der Waals surface area contributed by atoms with Crippen molar-refractivity contribution in [2.75, 3.05) is 12.3 Å². The number of carbonyl (C=O) groups is 1. The summed E-state index contributed by atoms with van der Waals surface area (Å²) in [6.07, 6.45) is 2.20. The number of amides is 1. The van der Waals surface area contributed by atoms with Gasteiger partial charge in [0.2, 0.25) is 5.91 Å². The third-order valence-electron chi connectivity index (χ3n) is 4.36. The Labute approximate surface area is 150 Å². The van der Waals surface area contributed by atoms with Crippen LogP contribution in [0.2, 0.25) is 0 Å². The highest BCUT2D eigenvalue weighted by Gasteiger charge is 2.28. The highest BCUT2D eigenvalue weighted by molar-refractivity contribution is 7.91. The molecule has 5 nitrogen and oxygen atoms in total. The van der Waals surface area contributed by atoms with Crippen molar-refractivity contribution in [3.8, 4) is 0 Å². The Morgan fingerprint density at radius 2 is 2.00 bits per heavy atom. The molecule has 7 heteroatoms. The molecule has 0 spiro atoms. The molecule has 1 aliphatic heterocycles. The molecule has 0 bridgehead atoms. The molecule has 1 heterocycles. The molecule has 2 N–H and O–H groups in total. The maximum Gasteiger partial charge on any atom is 0.223 e. The Balaban J connectivity index is 0.00000288. The van der Waals surface area contributed by atoms with Crippen LogP contribution in [0.25, 0.3) is 0 Å². The predicted octanol–water partition coefficient (Wildman–Crippen LogP) is 2.17. The maximum atomic E-state index is 12.5. The monoisotopic (exact) mass is 374 g/mol. The number of hydrogen-bond donors (Lipinski definition) is 2. The summed E-state index contributed by atoms with van der Waals surface area (Å²) in [5.74, 6) is -0.104. The summed E-state index contributed by atoms with van der Waals surface area (Å²) in [5, 5.41) is 6.25. The topological polar surface area (TPSA) is 75.3 Å². The fourth-order valence-electron chi connectivity index (χ4n) is 2.94. The van der Waals surface area contributed by atoms with Crippen LogP contribution in [0.1, 0.15) is 33.1 Å². The minimum absolute atomic E-state index is 0. The summed E-state index contributed by atoms with van der Waals surface area (Å²) in [6.45, 7) is 4.80.